The fraction of sp³-hybridized carbons (Fsp3) is 0.167. The Labute approximate surface area is 135 Å². The summed E-state index contributed by atoms with van der Waals surface area (Å²) < 4.78 is 38.6. The maximum absolute atomic E-state index is 12.7. The maximum atomic E-state index is 12.7. The number of nitrogens with zero attached hydrogens (tertiary/aromatic N) is 1. The summed E-state index contributed by atoms with van der Waals surface area (Å²) in [5.41, 5.74) is -2.97. The number of nitrogens with one attached hydrogen (secondary N) is 1. The molecule has 2 aromatic rings. The summed E-state index contributed by atoms with van der Waals surface area (Å²) in [6, 6.07) is 2.34. The van der Waals surface area contributed by atoms with E-state index in [1.165, 1.54) is 0 Å². The van der Waals surface area contributed by atoms with E-state index in [1.54, 1.807) is 6.26 Å². The fourth-order valence-corrected chi connectivity index (χ4v) is 2.80. The number of thioether (sulfide) groups is 1. The normalized spacial score (nSPS) is 11.7. The van der Waals surface area contributed by atoms with Crippen LogP contribution in [0.5, 0.6) is 0 Å². The molecule has 0 aliphatic heterocycles. The van der Waals surface area contributed by atoms with E-state index in [9.17, 15) is 22.8 Å². The molecule has 0 unspecified atom stereocenters. The molecule has 0 spiro atoms. The lowest BCUT2D eigenvalue weighted by atomic mass is 10.2. The lowest BCUT2D eigenvalue weighted by molar-refractivity contribution is -0.137. The van der Waals surface area contributed by atoms with E-state index in [4.69, 9.17) is 23.2 Å². The summed E-state index contributed by atoms with van der Waals surface area (Å²) in [5, 5.41) is -0.598. The van der Waals surface area contributed by atoms with E-state index >= 15 is 0 Å². The Kier molecular flexibility index (Phi) is 4.65. The van der Waals surface area contributed by atoms with Gasteiger partial charge in [0.25, 0.3) is 5.56 Å². The van der Waals surface area contributed by atoms with Crippen LogP contribution in [0.25, 0.3) is 5.69 Å². The molecule has 0 fully saturated rings. The minimum atomic E-state index is -4.65. The molecule has 10 heteroatoms. The predicted molar refractivity (Wildman–Crippen MR) is 79.5 cm³/mol. The van der Waals surface area contributed by atoms with Crippen LogP contribution in [0.1, 0.15) is 5.56 Å². The summed E-state index contributed by atoms with van der Waals surface area (Å²) >= 11 is 12.7. The van der Waals surface area contributed by atoms with Crippen LogP contribution in [0.2, 0.25) is 10.0 Å². The second kappa shape index (κ2) is 6.02. The Balaban J connectivity index is 2.75. The lowest BCUT2D eigenvalue weighted by Gasteiger charge is -2.13. The number of alkyl halides is 3. The molecule has 1 aromatic carbocycles. The lowest BCUT2D eigenvalue weighted by Crippen LogP contribution is -2.33. The molecule has 22 heavy (non-hydrogen) atoms. The van der Waals surface area contributed by atoms with Crippen LogP contribution in [0.4, 0.5) is 13.2 Å². The Bertz CT molecular complexity index is 791. The first-order valence-electron chi connectivity index (χ1n) is 5.62. The number of H-pyrrole nitrogens is 1. The van der Waals surface area contributed by atoms with Crippen molar-refractivity contribution in [2.75, 3.05) is 6.26 Å². The molecule has 1 aromatic heterocycles. The van der Waals surface area contributed by atoms with E-state index in [0.29, 0.717) is 21.7 Å². The van der Waals surface area contributed by atoms with E-state index in [2.05, 4.69) is 4.98 Å². The van der Waals surface area contributed by atoms with Gasteiger partial charge in [-0.3, -0.25) is 4.79 Å². The first kappa shape index (κ1) is 17.0. The second-order valence-corrected chi connectivity index (χ2v) is 5.77. The number of rotatable bonds is 2. The van der Waals surface area contributed by atoms with Crippen molar-refractivity contribution in [2.24, 2.45) is 0 Å². The molecule has 0 amide bonds. The van der Waals surface area contributed by atoms with Gasteiger partial charge < -0.3 is 4.98 Å². The third-order valence-corrected chi connectivity index (χ3v) is 3.93. The molecule has 2 rings (SSSR count). The van der Waals surface area contributed by atoms with Gasteiger partial charge in [0.05, 0.1) is 26.3 Å². The summed E-state index contributed by atoms with van der Waals surface area (Å²) in [6.07, 6.45) is -3.00. The van der Waals surface area contributed by atoms with Gasteiger partial charge in [0.15, 0.2) is 0 Å². The molecule has 0 aliphatic carbocycles. The average Bonchev–Trinajstić information content (AvgIpc) is 2.39. The van der Waals surface area contributed by atoms with Crippen LogP contribution >= 0.6 is 35.0 Å². The third-order valence-electron chi connectivity index (χ3n) is 2.70. The van der Waals surface area contributed by atoms with Crippen molar-refractivity contribution in [1.82, 2.24) is 9.55 Å². The maximum Gasteiger partial charge on any atom is 0.416 e. The Morgan fingerprint density at radius 1 is 1.14 bits per heavy atom. The highest BCUT2D eigenvalue weighted by molar-refractivity contribution is 7.98. The van der Waals surface area contributed by atoms with Crippen molar-refractivity contribution in [3.8, 4) is 5.69 Å². The van der Waals surface area contributed by atoms with Crippen molar-refractivity contribution in [2.45, 2.75) is 11.2 Å². The molecule has 0 bridgehead atoms. The monoisotopic (exact) mass is 370 g/mol. The van der Waals surface area contributed by atoms with Crippen molar-refractivity contribution in [3.63, 3.8) is 0 Å². The molecule has 0 radical (unpaired) electrons. The first-order valence-corrected chi connectivity index (χ1v) is 7.60. The molecule has 1 N–H and O–H groups in total. The van der Waals surface area contributed by atoms with Gasteiger partial charge in [-0.05, 0) is 18.4 Å². The number of aromatic amines is 1. The van der Waals surface area contributed by atoms with Crippen molar-refractivity contribution in [3.05, 3.63) is 54.6 Å². The minimum Gasteiger partial charge on any atom is -0.301 e. The van der Waals surface area contributed by atoms with Crippen LogP contribution in [0, 0.1) is 0 Å². The molecular formula is C12H7Cl2F3N2O2S. The van der Waals surface area contributed by atoms with Gasteiger partial charge in [0.2, 0.25) is 0 Å². The Morgan fingerprint density at radius 2 is 1.68 bits per heavy atom. The van der Waals surface area contributed by atoms with Crippen LogP contribution in [-0.2, 0) is 6.18 Å². The molecule has 0 aliphatic rings. The zero-order valence-electron chi connectivity index (χ0n) is 10.8. The van der Waals surface area contributed by atoms with E-state index in [0.717, 1.165) is 17.8 Å². The fourth-order valence-electron chi connectivity index (χ4n) is 1.74. The van der Waals surface area contributed by atoms with Gasteiger partial charge in [-0.2, -0.15) is 13.2 Å². The van der Waals surface area contributed by atoms with Gasteiger partial charge in [-0.25, -0.2) is 9.36 Å². The average molecular weight is 371 g/mol. The van der Waals surface area contributed by atoms with Crippen molar-refractivity contribution in [1.29, 1.82) is 0 Å². The molecule has 4 nitrogen and oxygen atoms in total. The highest BCUT2D eigenvalue weighted by atomic mass is 35.5. The predicted octanol–water partition coefficient (Wildman–Crippen LogP) is 3.57. The number of benzene rings is 1. The summed E-state index contributed by atoms with van der Waals surface area (Å²) in [5.74, 6) is 0. The molecule has 118 valence electrons. The zero-order valence-corrected chi connectivity index (χ0v) is 13.1. The smallest absolute Gasteiger partial charge is 0.301 e. The number of hydrogen-bond donors (Lipinski definition) is 1. The van der Waals surface area contributed by atoms with E-state index < -0.39 is 33.0 Å². The summed E-state index contributed by atoms with van der Waals surface area (Å²) in [6.45, 7) is 0. The Morgan fingerprint density at radius 3 is 2.09 bits per heavy atom. The van der Waals surface area contributed by atoms with Crippen molar-refractivity contribution >= 4 is 35.0 Å². The van der Waals surface area contributed by atoms with Gasteiger partial charge in [-0.1, -0.05) is 23.2 Å². The van der Waals surface area contributed by atoms with Gasteiger partial charge in [-0.15, -0.1) is 11.8 Å². The molecule has 0 saturated carbocycles. The molecule has 0 saturated heterocycles. The third kappa shape index (κ3) is 3.18. The van der Waals surface area contributed by atoms with Crippen LogP contribution < -0.4 is 11.2 Å². The van der Waals surface area contributed by atoms with Gasteiger partial charge in [0.1, 0.15) is 0 Å². The van der Waals surface area contributed by atoms with Crippen LogP contribution in [-0.4, -0.2) is 15.8 Å². The SMILES string of the molecule is CSc1cc(=O)n(-c2c(Cl)cc(C(F)(F)F)cc2Cl)c(=O)[nH]1. The highest BCUT2D eigenvalue weighted by Crippen LogP contribution is 2.36. The first-order chi connectivity index (χ1) is 10.1. The largest absolute Gasteiger partial charge is 0.416 e. The highest BCUT2D eigenvalue weighted by Gasteiger charge is 2.32. The summed E-state index contributed by atoms with van der Waals surface area (Å²) in [4.78, 5) is 26.4. The van der Waals surface area contributed by atoms with Gasteiger partial charge >= 0.3 is 11.9 Å². The van der Waals surface area contributed by atoms with Crippen LogP contribution in [0.15, 0.2) is 32.8 Å². The standard InChI is InChI=1S/C12H7Cl2F3N2O2S/c1-22-8-4-9(20)19(11(21)18-8)10-6(13)2-5(3-7(10)14)12(15,16)17/h2-4H,1H3,(H,18,21). The zero-order chi connectivity index (χ0) is 16.7. The number of aromatic nitrogens is 2. The molecule has 1 heterocycles. The molecule has 0 atom stereocenters. The van der Waals surface area contributed by atoms with Gasteiger partial charge in [0, 0.05) is 6.07 Å². The van der Waals surface area contributed by atoms with E-state index in [-0.39, 0.29) is 5.69 Å². The number of hydrogen-bond acceptors (Lipinski definition) is 3. The van der Waals surface area contributed by atoms with Crippen molar-refractivity contribution < 1.29 is 13.2 Å². The number of halogens is 5. The second-order valence-electron chi connectivity index (χ2n) is 4.10. The quantitative estimate of drug-likeness (QED) is 0.649. The Hall–Kier alpha value is -1.38. The minimum absolute atomic E-state index is 0.296. The molecular weight excluding hydrogens is 364 g/mol. The topological polar surface area (TPSA) is 54.9 Å². The van der Waals surface area contributed by atoms with Crippen LogP contribution in [0.3, 0.4) is 0 Å². The summed E-state index contributed by atoms with van der Waals surface area (Å²) in [7, 11) is 0. The van der Waals surface area contributed by atoms with E-state index in [1.807, 2.05) is 0 Å².